The van der Waals surface area contributed by atoms with Crippen LogP contribution < -0.4 is 10.2 Å². The van der Waals surface area contributed by atoms with Gasteiger partial charge in [0.15, 0.2) is 0 Å². The molecule has 178 valence electrons. The topological polar surface area (TPSA) is 75.7 Å². The van der Waals surface area contributed by atoms with Gasteiger partial charge in [0.2, 0.25) is 0 Å². The van der Waals surface area contributed by atoms with Gasteiger partial charge < -0.3 is 10.1 Å². The molecule has 0 saturated heterocycles. The molecule has 1 N–H and O–H groups in total. The van der Waals surface area contributed by atoms with Crippen LogP contribution in [-0.2, 0) is 14.3 Å². The molecule has 0 fully saturated rings. The van der Waals surface area contributed by atoms with Gasteiger partial charge in [-0.25, -0.2) is 9.69 Å². The standard InChI is InChI=1S/C26H20BrClN2O4S/c1-15(2)34-26(33)16-3-11-20(12-4-16)30-24(31)22(29-19-9-5-17(27)6-10-19)23(25(30)32)35-21-13-7-18(28)8-14-21/h3-15,29H,1-2H3. The van der Waals surface area contributed by atoms with E-state index in [1.54, 1.807) is 62.4 Å². The van der Waals surface area contributed by atoms with Crippen LogP contribution in [0.5, 0.6) is 0 Å². The number of thioether (sulfide) groups is 1. The van der Waals surface area contributed by atoms with Crippen LogP contribution in [0.25, 0.3) is 0 Å². The highest BCUT2D eigenvalue weighted by molar-refractivity contribution is 9.10. The maximum absolute atomic E-state index is 13.5. The van der Waals surface area contributed by atoms with Crippen molar-refractivity contribution in [1.29, 1.82) is 0 Å². The zero-order valence-electron chi connectivity index (χ0n) is 18.7. The summed E-state index contributed by atoms with van der Waals surface area (Å²) in [6, 6.07) is 20.5. The van der Waals surface area contributed by atoms with E-state index in [4.69, 9.17) is 16.3 Å². The number of nitrogens with one attached hydrogen (secondary N) is 1. The summed E-state index contributed by atoms with van der Waals surface area (Å²) in [6.07, 6.45) is -0.257. The molecule has 0 spiro atoms. The van der Waals surface area contributed by atoms with E-state index in [-0.39, 0.29) is 16.7 Å². The Kier molecular flexibility index (Phi) is 7.64. The third kappa shape index (κ3) is 5.78. The van der Waals surface area contributed by atoms with Crippen molar-refractivity contribution in [3.05, 3.63) is 98.5 Å². The smallest absolute Gasteiger partial charge is 0.338 e. The van der Waals surface area contributed by atoms with Gasteiger partial charge in [-0.1, -0.05) is 39.3 Å². The second-order valence-corrected chi connectivity index (χ2v) is 10.3. The Labute approximate surface area is 220 Å². The predicted molar refractivity (Wildman–Crippen MR) is 142 cm³/mol. The highest BCUT2D eigenvalue weighted by Gasteiger charge is 2.40. The Bertz CT molecular complexity index is 1240. The average Bonchev–Trinajstić information content (AvgIpc) is 3.05. The number of imide groups is 1. The molecule has 6 nitrogen and oxygen atoms in total. The van der Waals surface area contributed by atoms with Crippen molar-refractivity contribution in [2.75, 3.05) is 10.2 Å². The maximum Gasteiger partial charge on any atom is 0.338 e. The Balaban J connectivity index is 1.66. The number of esters is 1. The molecule has 0 unspecified atom stereocenters. The van der Waals surface area contributed by atoms with E-state index in [1.165, 1.54) is 23.9 Å². The molecule has 1 aliphatic rings. The summed E-state index contributed by atoms with van der Waals surface area (Å²) in [6.45, 7) is 3.53. The Hall–Kier alpha value is -3.07. The van der Waals surface area contributed by atoms with Gasteiger partial charge in [-0.05, 0) is 86.6 Å². The van der Waals surface area contributed by atoms with Crippen molar-refractivity contribution in [3.8, 4) is 0 Å². The second kappa shape index (κ2) is 10.7. The minimum absolute atomic E-state index is 0.167. The van der Waals surface area contributed by atoms with Crippen LogP contribution in [0.3, 0.4) is 0 Å². The first-order valence-electron chi connectivity index (χ1n) is 10.6. The normalized spacial score (nSPS) is 13.6. The number of benzene rings is 3. The van der Waals surface area contributed by atoms with Crippen LogP contribution in [0.1, 0.15) is 24.2 Å². The summed E-state index contributed by atoms with van der Waals surface area (Å²) in [5, 5.41) is 3.68. The number of halogens is 2. The minimum atomic E-state index is -0.494. The summed E-state index contributed by atoms with van der Waals surface area (Å²) < 4.78 is 6.10. The van der Waals surface area contributed by atoms with Crippen LogP contribution in [0, 0.1) is 0 Å². The number of amides is 2. The quantitative estimate of drug-likeness (QED) is 0.253. The van der Waals surface area contributed by atoms with Crippen LogP contribution in [0.4, 0.5) is 11.4 Å². The molecule has 1 heterocycles. The number of ether oxygens (including phenoxy) is 1. The number of carbonyl (C=O) groups is 3. The van der Waals surface area contributed by atoms with Crippen molar-refractivity contribution < 1.29 is 19.1 Å². The SMILES string of the molecule is CC(C)OC(=O)c1ccc(N2C(=O)C(Nc3ccc(Br)cc3)=C(Sc3ccc(Cl)cc3)C2=O)cc1. The maximum atomic E-state index is 13.5. The molecule has 0 atom stereocenters. The number of hydrogen-bond donors (Lipinski definition) is 1. The third-order valence-electron chi connectivity index (χ3n) is 4.89. The van der Waals surface area contributed by atoms with Gasteiger partial charge in [0.05, 0.1) is 17.4 Å². The van der Waals surface area contributed by atoms with Crippen LogP contribution in [0.15, 0.2) is 92.8 Å². The number of carbonyl (C=O) groups excluding carboxylic acids is 3. The molecule has 35 heavy (non-hydrogen) atoms. The molecule has 0 bridgehead atoms. The largest absolute Gasteiger partial charge is 0.459 e. The number of nitrogens with zero attached hydrogens (tertiary/aromatic N) is 1. The monoisotopic (exact) mass is 570 g/mol. The molecule has 3 aromatic rings. The van der Waals surface area contributed by atoms with Crippen LogP contribution >= 0.6 is 39.3 Å². The number of rotatable bonds is 7. The lowest BCUT2D eigenvalue weighted by Crippen LogP contribution is -2.32. The molecular formula is C26H20BrClN2O4S. The molecule has 0 aromatic heterocycles. The first-order valence-corrected chi connectivity index (χ1v) is 12.6. The van der Waals surface area contributed by atoms with Gasteiger partial charge in [0.25, 0.3) is 11.8 Å². The lowest BCUT2D eigenvalue weighted by Gasteiger charge is -2.16. The fourth-order valence-corrected chi connectivity index (χ4v) is 4.59. The number of hydrogen-bond acceptors (Lipinski definition) is 6. The molecule has 0 saturated carbocycles. The molecule has 2 amide bonds. The van der Waals surface area contributed by atoms with Crippen molar-refractivity contribution in [2.45, 2.75) is 24.8 Å². The predicted octanol–water partition coefficient (Wildman–Crippen LogP) is 6.66. The van der Waals surface area contributed by atoms with Gasteiger partial charge in [-0.2, -0.15) is 0 Å². The van der Waals surface area contributed by atoms with E-state index in [2.05, 4.69) is 21.2 Å². The van der Waals surface area contributed by atoms with Gasteiger partial charge >= 0.3 is 5.97 Å². The molecule has 9 heteroatoms. The molecule has 0 radical (unpaired) electrons. The van der Waals surface area contributed by atoms with E-state index in [9.17, 15) is 14.4 Å². The van der Waals surface area contributed by atoms with Gasteiger partial charge in [0, 0.05) is 20.1 Å². The van der Waals surface area contributed by atoms with Crippen LogP contribution in [0.2, 0.25) is 5.02 Å². The van der Waals surface area contributed by atoms with E-state index in [0.717, 1.165) is 14.3 Å². The second-order valence-electron chi connectivity index (χ2n) is 7.84. The Morgan fingerprint density at radius 1 is 0.943 bits per heavy atom. The third-order valence-corrected chi connectivity index (χ3v) is 6.76. The van der Waals surface area contributed by atoms with Crippen LogP contribution in [-0.4, -0.2) is 23.9 Å². The summed E-state index contributed by atoms with van der Waals surface area (Å²) in [5.74, 6) is -1.43. The van der Waals surface area contributed by atoms with Crippen molar-refractivity contribution in [2.24, 2.45) is 0 Å². The summed E-state index contributed by atoms with van der Waals surface area (Å²) in [7, 11) is 0. The van der Waals surface area contributed by atoms with E-state index < -0.39 is 17.8 Å². The highest BCUT2D eigenvalue weighted by Crippen LogP contribution is 2.38. The van der Waals surface area contributed by atoms with Crippen molar-refractivity contribution >= 4 is 68.5 Å². The molecule has 0 aliphatic carbocycles. The zero-order valence-corrected chi connectivity index (χ0v) is 21.9. The molecular weight excluding hydrogens is 552 g/mol. The van der Waals surface area contributed by atoms with Crippen molar-refractivity contribution in [1.82, 2.24) is 0 Å². The highest BCUT2D eigenvalue weighted by atomic mass is 79.9. The first kappa shape index (κ1) is 25.0. The summed E-state index contributed by atoms with van der Waals surface area (Å²) in [4.78, 5) is 41.2. The molecule has 4 rings (SSSR count). The van der Waals surface area contributed by atoms with E-state index in [0.29, 0.717) is 22.0 Å². The fourth-order valence-electron chi connectivity index (χ4n) is 3.28. The van der Waals surface area contributed by atoms with Gasteiger partial charge in [0.1, 0.15) is 10.6 Å². The lowest BCUT2D eigenvalue weighted by molar-refractivity contribution is -0.120. The summed E-state index contributed by atoms with van der Waals surface area (Å²) in [5.41, 5.74) is 1.51. The minimum Gasteiger partial charge on any atom is -0.459 e. The van der Waals surface area contributed by atoms with Crippen molar-refractivity contribution in [3.63, 3.8) is 0 Å². The Morgan fingerprint density at radius 3 is 2.17 bits per heavy atom. The van der Waals surface area contributed by atoms with E-state index in [1.807, 2.05) is 12.1 Å². The average molecular weight is 572 g/mol. The first-order chi connectivity index (χ1) is 16.7. The molecule has 3 aromatic carbocycles. The zero-order chi connectivity index (χ0) is 25.1. The number of anilines is 2. The van der Waals surface area contributed by atoms with Gasteiger partial charge in [-0.3, -0.25) is 9.59 Å². The summed E-state index contributed by atoms with van der Waals surface area (Å²) >= 11 is 10.6. The molecule has 1 aliphatic heterocycles. The fraction of sp³-hybridized carbons (Fsp3) is 0.115. The lowest BCUT2D eigenvalue weighted by atomic mass is 10.2. The van der Waals surface area contributed by atoms with E-state index >= 15 is 0 Å². The van der Waals surface area contributed by atoms with Gasteiger partial charge in [-0.15, -0.1) is 0 Å². The Morgan fingerprint density at radius 2 is 1.57 bits per heavy atom.